The molecule has 1 amide bonds. The van der Waals surface area contributed by atoms with Gasteiger partial charge in [0.15, 0.2) is 5.78 Å². The number of Topliss-reactive ketones (excluding diaryl/α,β-unsaturated/α-hetero) is 1. The molecule has 0 saturated heterocycles. The number of carbonyl (C=O) groups excluding carboxylic acids is 2. The van der Waals surface area contributed by atoms with E-state index in [1.807, 2.05) is 18.2 Å². The third-order valence-electron chi connectivity index (χ3n) is 3.79. The van der Waals surface area contributed by atoms with Gasteiger partial charge in [0.1, 0.15) is 12.5 Å². The van der Waals surface area contributed by atoms with E-state index in [1.54, 1.807) is 59.7 Å². The second-order valence-corrected chi connectivity index (χ2v) is 12.0. The van der Waals surface area contributed by atoms with Crippen LogP contribution in [-0.4, -0.2) is 45.6 Å². The Hall–Kier alpha value is -0.330. The van der Waals surface area contributed by atoms with Crippen molar-refractivity contribution in [3.05, 3.63) is 62.0 Å². The summed E-state index contributed by atoms with van der Waals surface area (Å²) in [6.45, 7) is 10.8. The Labute approximate surface area is 270 Å². The minimum atomic E-state index is -0.750. The van der Waals surface area contributed by atoms with Gasteiger partial charge in [0, 0.05) is 26.6 Å². The number of ketones is 1. The molecule has 1 aliphatic heterocycles. The van der Waals surface area contributed by atoms with Gasteiger partial charge in [0.05, 0.1) is 18.8 Å². The number of fused-ring (bicyclic) bond motifs is 1. The number of hydrogen-bond acceptors (Lipinski definition) is 6. The smallest absolute Gasteiger partial charge is 0.850 e. The predicted molar refractivity (Wildman–Crippen MR) is 154 cm³/mol. The first-order chi connectivity index (χ1) is 17.0. The summed E-state index contributed by atoms with van der Waals surface area (Å²) in [4.78, 5) is 22.2. The van der Waals surface area contributed by atoms with Crippen molar-refractivity contribution in [2.45, 2.75) is 72.4 Å². The van der Waals surface area contributed by atoms with E-state index in [2.05, 4.69) is 37.2 Å². The molecule has 0 aliphatic carbocycles. The Morgan fingerprint density at radius 2 is 1.55 bits per heavy atom. The van der Waals surface area contributed by atoms with Crippen molar-refractivity contribution in [3.63, 3.8) is 0 Å². The number of hydrogen-bond donors (Lipinski definition) is 3. The zero-order valence-electron chi connectivity index (χ0n) is 23.2. The van der Waals surface area contributed by atoms with Gasteiger partial charge in [-0.1, -0.05) is 70.8 Å². The molecule has 0 fully saturated rings. The molecule has 3 N–H and O–H groups in total. The van der Waals surface area contributed by atoms with Gasteiger partial charge in [-0.05, 0) is 50.1 Å². The molecular formula is C27H37Br2ClNNaO6. The summed E-state index contributed by atoms with van der Waals surface area (Å²) in [5.74, 6) is -0.242. The molecule has 2 aromatic carbocycles. The average molecular weight is 690 g/mol. The van der Waals surface area contributed by atoms with Crippen molar-refractivity contribution in [1.29, 1.82) is 0 Å². The first-order valence-electron chi connectivity index (χ1n) is 11.5. The van der Waals surface area contributed by atoms with Gasteiger partial charge in [0.2, 0.25) is 5.91 Å². The fraction of sp³-hybridized carbons (Fsp3) is 0.481. The second kappa shape index (κ2) is 19.7. The minimum absolute atomic E-state index is 0. The zero-order chi connectivity index (χ0) is 28.8. The maximum Gasteiger partial charge on any atom is 1.00 e. The number of benzene rings is 2. The second-order valence-electron chi connectivity index (χ2n) is 9.97. The van der Waals surface area contributed by atoms with Crippen molar-refractivity contribution in [2.75, 3.05) is 17.8 Å². The molecule has 0 spiro atoms. The molecule has 1 aliphatic rings. The molecular weight excluding hydrogens is 653 g/mol. The summed E-state index contributed by atoms with van der Waals surface area (Å²) >= 11 is 12.1. The Kier molecular flexibility index (Phi) is 20.6. The number of aliphatic hydroxyl groups excluding tert-OH is 1. The molecule has 0 unspecified atom stereocenters. The van der Waals surface area contributed by atoms with Crippen molar-refractivity contribution >= 4 is 60.8 Å². The maximum absolute atomic E-state index is 11.2. The SMILES string of the molecule is CC(C)(C)O.CC(C)(C)[O-].O=C(CCl)Nc1cccc(Br)c1CO.O=C1COCc2c(Br)cccc2C1.[Na+]. The van der Waals surface area contributed by atoms with Crippen LogP contribution in [0.1, 0.15) is 58.2 Å². The third-order valence-corrected chi connectivity index (χ3v) is 5.51. The largest absolute Gasteiger partial charge is 1.00 e. The van der Waals surface area contributed by atoms with Crippen LogP contribution in [0, 0.1) is 0 Å². The zero-order valence-corrected chi connectivity index (χ0v) is 29.1. The van der Waals surface area contributed by atoms with Crippen LogP contribution in [0.3, 0.4) is 0 Å². The monoisotopic (exact) mass is 687 g/mol. The van der Waals surface area contributed by atoms with Gasteiger partial charge in [-0.15, -0.1) is 17.2 Å². The number of carbonyl (C=O) groups is 2. The molecule has 208 valence electrons. The predicted octanol–water partition coefficient (Wildman–Crippen LogP) is 2.14. The molecule has 7 nitrogen and oxygen atoms in total. The molecule has 3 rings (SSSR count). The van der Waals surface area contributed by atoms with E-state index in [0.717, 1.165) is 20.1 Å². The van der Waals surface area contributed by atoms with Crippen molar-refractivity contribution in [1.82, 2.24) is 0 Å². The van der Waals surface area contributed by atoms with Gasteiger partial charge >= 0.3 is 29.6 Å². The van der Waals surface area contributed by atoms with Crippen LogP contribution in [0.4, 0.5) is 5.69 Å². The number of amides is 1. The number of ether oxygens (including phenoxy) is 1. The Morgan fingerprint density at radius 3 is 2.05 bits per heavy atom. The van der Waals surface area contributed by atoms with Gasteiger partial charge in [0.25, 0.3) is 0 Å². The van der Waals surface area contributed by atoms with E-state index in [0.29, 0.717) is 24.3 Å². The summed E-state index contributed by atoms with van der Waals surface area (Å²) in [5, 5.41) is 30.3. The molecule has 0 saturated carbocycles. The fourth-order valence-corrected chi connectivity index (χ4v) is 3.56. The number of rotatable bonds is 3. The van der Waals surface area contributed by atoms with E-state index >= 15 is 0 Å². The van der Waals surface area contributed by atoms with Crippen molar-refractivity contribution in [2.24, 2.45) is 0 Å². The summed E-state index contributed by atoms with van der Waals surface area (Å²) in [5.41, 5.74) is 2.16. The topological polar surface area (TPSA) is 119 Å². The van der Waals surface area contributed by atoms with E-state index in [-0.39, 0.29) is 60.3 Å². The maximum atomic E-state index is 11.2. The minimum Gasteiger partial charge on any atom is -0.850 e. The van der Waals surface area contributed by atoms with Crippen LogP contribution < -0.4 is 40.0 Å². The van der Waals surface area contributed by atoms with Crippen LogP contribution in [0.2, 0.25) is 0 Å². The van der Waals surface area contributed by atoms with Gasteiger partial charge in [-0.2, -0.15) is 0 Å². The molecule has 0 atom stereocenters. The molecule has 2 aromatic rings. The number of nitrogens with one attached hydrogen (secondary N) is 1. The van der Waals surface area contributed by atoms with E-state index in [9.17, 15) is 14.7 Å². The summed E-state index contributed by atoms with van der Waals surface area (Å²) in [6, 6.07) is 11.2. The number of anilines is 1. The quantitative estimate of drug-likeness (QED) is 0.336. The Bertz CT molecular complexity index is 986. The molecule has 0 radical (unpaired) electrons. The molecule has 11 heteroatoms. The van der Waals surface area contributed by atoms with Gasteiger partial charge in [-0.3, -0.25) is 9.59 Å². The van der Waals surface area contributed by atoms with Crippen LogP contribution in [-0.2, 0) is 34.0 Å². The Morgan fingerprint density at radius 1 is 1.05 bits per heavy atom. The summed E-state index contributed by atoms with van der Waals surface area (Å²) < 4.78 is 7.02. The van der Waals surface area contributed by atoms with E-state index in [1.165, 1.54) is 0 Å². The fourth-order valence-electron chi connectivity index (χ4n) is 2.48. The first-order valence-corrected chi connectivity index (χ1v) is 13.6. The van der Waals surface area contributed by atoms with Crippen LogP contribution in [0.5, 0.6) is 0 Å². The molecule has 0 aromatic heterocycles. The third kappa shape index (κ3) is 20.6. The average Bonchev–Trinajstić information content (AvgIpc) is 2.93. The summed E-state index contributed by atoms with van der Waals surface area (Å²) in [7, 11) is 0. The van der Waals surface area contributed by atoms with E-state index < -0.39 is 11.2 Å². The summed E-state index contributed by atoms with van der Waals surface area (Å²) in [6.07, 6.45) is 0.495. The number of aliphatic hydroxyl groups is 2. The standard InChI is InChI=1S/C10H9BrO2.C9H9BrClNO2.C4H10O.C4H9O.Na/c11-10-3-1-2-7-4-8(12)5-13-6-9(7)10;10-7-2-1-3-8(6(7)5-13)12-9(14)4-11;2*1-4(2,3)5;/h1-3H,4-6H2;1-3,13H,4-5H2,(H,12,14);5H,1-3H3;1-3H3;/q;;;-1;+1. The van der Waals surface area contributed by atoms with Crippen molar-refractivity contribution in [3.8, 4) is 0 Å². The molecule has 0 bridgehead atoms. The van der Waals surface area contributed by atoms with Crippen molar-refractivity contribution < 1.29 is 59.2 Å². The molecule has 1 heterocycles. The normalized spacial score (nSPS) is 12.5. The van der Waals surface area contributed by atoms with Gasteiger partial charge < -0.3 is 25.4 Å². The van der Waals surface area contributed by atoms with Gasteiger partial charge in [-0.25, -0.2) is 0 Å². The van der Waals surface area contributed by atoms with Crippen LogP contribution in [0.25, 0.3) is 0 Å². The van der Waals surface area contributed by atoms with E-state index in [4.69, 9.17) is 26.6 Å². The Balaban J connectivity index is 0. The number of halogens is 3. The first kappa shape index (κ1) is 39.8. The number of alkyl halides is 1. The van der Waals surface area contributed by atoms with Crippen LogP contribution >= 0.6 is 43.5 Å². The van der Waals surface area contributed by atoms with Crippen LogP contribution in [0.15, 0.2) is 45.3 Å². The molecule has 38 heavy (non-hydrogen) atoms.